The van der Waals surface area contributed by atoms with Gasteiger partial charge < -0.3 is 5.43 Å². The van der Waals surface area contributed by atoms with Crippen LogP contribution in [0, 0.1) is 0 Å². The lowest BCUT2D eigenvalue weighted by molar-refractivity contribution is 0.162. The summed E-state index contributed by atoms with van der Waals surface area (Å²) in [5.74, 6) is 0. The Kier molecular flexibility index (Phi) is 2.99. The van der Waals surface area contributed by atoms with E-state index in [0.29, 0.717) is 13.0 Å². The fraction of sp³-hybridized carbons (Fsp3) is 0.455. The molecule has 1 saturated heterocycles. The molecule has 76 valence electrons. The van der Waals surface area contributed by atoms with E-state index in [1.165, 1.54) is 0 Å². The van der Waals surface area contributed by atoms with Crippen LogP contribution in [0.3, 0.4) is 0 Å². The third-order valence-corrected chi connectivity index (χ3v) is 2.42. The van der Waals surface area contributed by atoms with Crippen molar-refractivity contribution in [1.82, 2.24) is 5.01 Å². The van der Waals surface area contributed by atoms with Gasteiger partial charge in [-0.3, -0.25) is 0 Å². The summed E-state index contributed by atoms with van der Waals surface area (Å²) in [5, 5.41) is 1.95. The van der Waals surface area contributed by atoms with Crippen LogP contribution in [0.4, 0.5) is 10.1 Å². The van der Waals surface area contributed by atoms with Crippen LogP contribution in [0.1, 0.15) is 12.8 Å². The van der Waals surface area contributed by atoms with Gasteiger partial charge in [-0.25, -0.2) is 9.40 Å². The molecule has 1 heterocycles. The molecule has 1 aliphatic rings. The van der Waals surface area contributed by atoms with Gasteiger partial charge in [-0.15, -0.1) is 0 Å². The van der Waals surface area contributed by atoms with Crippen LogP contribution in [0.5, 0.6) is 0 Å². The van der Waals surface area contributed by atoms with Crippen molar-refractivity contribution in [3.8, 4) is 0 Å². The number of benzene rings is 1. The molecule has 1 aliphatic heterocycles. The summed E-state index contributed by atoms with van der Waals surface area (Å²) in [6.07, 6.45) is 0.952. The van der Waals surface area contributed by atoms with Crippen molar-refractivity contribution < 1.29 is 4.39 Å². The zero-order valence-corrected chi connectivity index (χ0v) is 8.12. The largest absolute Gasteiger partial charge is 0.319 e. The fourth-order valence-corrected chi connectivity index (χ4v) is 1.72. The number of halogens is 1. The van der Waals surface area contributed by atoms with E-state index in [2.05, 4.69) is 5.43 Å². The van der Waals surface area contributed by atoms with Gasteiger partial charge in [0.05, 0.1) is 0 Å². The highest BCUT2D eigenvalue weighted by molar-refractivity contribution is 5.41. The molecular formula is C11H15FN2. The first-order valence-corrected chi connectivity index (χ1v) is 5.05. The van der Waals surface area contributed by atoms with Crippen LogP contribution in [0.2, 0.25) is 0 Å². The summed E-state index contributed by atoms with van der Waals surface area (Å²) < 4.78 is 13.1. The Balaban J connectivity index is 1.91. The predicted molar refractivity (Wildman–Crippen MR) is 55.8 cm³/mol. The van der Waals surface area contributed by atoms with Crippen LogP contribution in [-0.2, 0) is 0 Å². The Morgan fingerprint density at radius 2 is 2.07 bits per heavy atom. The highest BCUT2D eigenvalue weighted by Gasteiger charge is 2.18. The summed E-state index contributed by atoms with van der Waals surface area (Å²) in [7, 11) is 0. The van der Waals surface area contributed by atoms with Crippen LogP contribution in [-0.4, -0.2) is 24.3 Å². The molecule has 2 rings (SSSR count). The molecule has 3 heteroatoms. The zero-order valence-electron chi connectivity index (χ0n) is 8.12. The molecular weight excluding hydrogens is 179 g/mol. The van der Waals surface area contributed by atoms with E-state index in [4.69, 9.17) is 0 Å². The molecule has 1 fully saturated rings. The average molecular weight is 194 g/mol. The number of rotatable bonds is 2. The minimum Gasteiger partial charge on any atom is -0.319 e. The smallest absolute Gasteiger partial charge is 0.115 e. The van der Waals surface area contributed by atoms with Crippen molar-refractivity contribution in [2.75, 3.05) is 18.5 Å². The molecule has 0 radical (unpaired) electrons. The second kappa shape index (κ2) is 4.42. The maximum Gasteiger partial charge on any atom is 0.115 e. The fourth-order valence-electron chi connectivity index (χ4n) is 1.72. The van der Waals surface area contributed by atoms with E-state index in [-0.39, 0.29) is 0 Å². The number of anilines is 1. The summed E-state index contributed by atoms with van der Waals surface area (Å²) in [5.41, 5.74) is 4.23. The monoisotopic (exact) mass is 194 g/mol. The van der Waals surface area contributed by atoms with Crippen molar-refractivity contribution in [2.45, 2.75) is 19.0 Å². The highest BCUT2D eigenvalue weighted by Crippen LogP contribution is 2.14. The third kappa shape index (κ3) is 2.45. The molecule has 1 atom stereocenters. The van der Waals surface area contributed by atoms with Crippen LogP contribution >= 0.6 is 0 Å². The number of alkyl halides is 1. The van der Waals surface area contributed by atoms with Crippen LogP contribution in [0.25, 0.3) is 0 Å². The number of hydrazine groups is 1. The third-order valence-electron chi connectivity index (χ3n) is 2.42. The van der Waals surface area contributed by atoms with Gasteiger partial charge in [-0.1, -0.05) is 18.2 Å². The van der Waals surface area contributed by atoms with Gasteiger partial charge in [-0.2, -0.15) is 0 Å². The predicted octanol–water partition coefficient (Wildman–Crippen LogP) is 2.45. The maximum atomic E-state index is 13.1. The lowest BCUT2D eigenvalue weighted by atomic mass is 10.1. The normalized spacial score (nSPS) is 23.4. The van der Waals surface area contributed by atoms with Crippen molar-refractivity contribution in [3.63, 3.8) is 0 Å². The topological polar surface area (TPSA) is 15.3 Å². The Labute approximate surface area is 83.7 Å². The van der Waals surface area contributed by atoms with E-state index in [1.54, 1.807) is 0 Å². The Hall–Kier alpha value is -1.09. The summed E-state index contributed by atoms with van der Waals surface area (Å²) in [4.78, 5) is 0. The van der Waals surface area contributed by atoms with Crippen molar-refractivity contribution in [2.24, 2.45) is 0 Å². The number of nitrogens with zero attached hydrogens (tertiary/aromatic N) is 1. The Morgan fingerprint density at radius 1 is 1.29 bits per heavy atom. The second-order valence-electron chi connectivity index (χ2n) is 3.66. The summed E-state index contributed by atoms with van der Waals surface area (Å²) in [6, 6.07) is 9.89. The molecule has 1 unspecified atom stereocenters. The van der Waals surface area contributed by atoms with Crippen molar-refractivity contribution in [1.29, 1.82) is 0 Å². The van der Waals surface area contributed by atoms with E-state index in [9.17, 15) is 4.39 Å². The molecule has 0 bridgehead atoms. The lowest BCUT2D eigenvalue weighted by Crippen LogP contribution is -2.40. The Morgan fingerprint density at radius 3 is 2.79 bits per heavy atom. The highest BCUT2D eigenvalue weighted by atomic mass is 19.1. The minimum atomic E-state index is -0.681. The van der Waals surface area contributed by atoms with Gasteiger partial charge in [-0.05, 0) is 25.0 Å². The lowest BCUT2D eigenvalue weighted by Gasteiger charge is -2.29. The second-order valence-corrected chi connectivity index (χ2v) is 3.66. The molecule has 0 saturated carbocycles. The maximum absolute atomic E-state index is 13.1. The molecule has 14 heavy (non-hydrogen) atoms. The van der Waals surface area contributed by atoms with Crippen molar-refractivity contribution >= 4 is 5.69 Å². The van der Waals surface area contributed by atoms with Crippen LogP contribution in [0.15, 0.2) is 30.3 Å². The first kappa shape index (κ1) is 9.46. The number of piperidine rings is 1. The first-order chi connectivity index (χ1) is 6.84. The number of hydrogen-bond acceptors (Lipinski definition) is 2. The zero-order chi connectivity index (χ0) is 9.80. The van der Waals surface area contributed by atoms with Gasteiger partial charge in [0.2, 0.25) is 0 Å². The standard InChI is InChI=1S/C11H15FN2/c12-10-5-4-8-14(9-10)13-11-6-2-1-3-7-11/h1-3,6-7,10,13H,4-5,8-9H2. The Bertz CT molecular complexity index is 276. The first-order valence-electron chi connectivity index (χ1n) is 5.05. The van der Waals surface area contributed by atoms with E-state index >= 15 is 0 Å². The minimum absolute atomic E-state index is 0.495. The van der Waals surface area contributed by atoms with Crippen LogP contribution < -0.4 is 5.43 Å². The molecule has 0 aromatic heterocycles. The van der Waals surface area contributed by atoms with Gasteiger partial charge in [0.15, 0.2) is 0 Å². The number of hydrogen-bond donors (Lipinski definition) is 1. The number of nitrogens with one attached hydrogen (secondary N) is 1. The average Bonchev–Trinajstić information content (AvgIpc) is 2.19. The molecule has 1 N–H and O–H groups in total. The van der Waals surface area contributed by atoms with Gasteiger partial charge in [0.1, 0.15) is 6.17 Å². The van der Waals surface area contributed by atoms with Gasteiger partial charge >= 0.3 is 0 Å². The van der Waals surface area contributed by atoms with Crippen molar-refractivity contribution in [3.05, 3.63) is 30.3 Å². The molecule has 2 nitrogen and oxygen atoms in total. The van der Waals surface area contributed by atoms with E-state index < -0.39 is 6.17 Å². The van der Waals surface area contributed by atoms with Gasteiger partial charge in [0, 0.05) is 18.8 Å². The SMILES string of the molecule is FC1CCCN(Nc2ccccc2)C1. The number of para-hydroxylation sites is 1. The molecule has 1 aromatic rings. The molecule has 0 aliphatic carbocycles. The van der Waals surface area contributed by atoms with Gasteiger partial charge in [0.25, 0.3) is 0 Å². The molecule has 0 amide bonds. The molecule has 0 spiro atoms. The van der Waals surface area contributed by atoms with E-state index in [1.807, 2.05) is 35.3 Å². The van der Waals surface area contributed by atoms with E-state index in [0.717, 1.165) is 18.7 Å². The summed E-state index contributed by atoms with van der Waals surface area (Å²) >= 11 is 0. The quantitative estimate of drug-likeness (QED) is 0.778. The molecule has 1 aromatic carbocycles. The summed E-state index contributed by atoms with van der Waals surface area (Å²) in [6.45, 7) is 1.42.